The third kappa shape index (κ3) is 5.71. The molecule has 2 aromatic rings. The van der Waals surface area contributed by atoms with Gasteiger partial charge in [0.05, 0.1) is 29.9 Å². The Hall–Kier alpha value is -2.79. The molecule has 172 valence electrons. The minimum absolute atomic E-state index is 0.0216. The number of nitrogens with zero attached hydrogens (tertiary/aromatic N) is 2. The maximum absolute atomic E-state index is 13.4. The number of aliphatic hydroxyl groups excluding tert-OH is 2. The molecule has 1 aliphatic rings. The number of hydrogen-bond acceptors (Lipinski definition) is 7. The summed E-state index contributed by atoms with van der Waals surface area (Å²) in [6.45, 7) is -0.573. The zero-order valence-corrected chi connectivity index (χ0v) is 18.5. The third-order valence-electron chi connectivity index (χ3n) is 5.17. The number of oxime groups is 1. The highest BCUT2D eigenvalue weighted by Gasteiger charge is 2.39. The molecule has 2 aromatic carbocycles. The second-order valence-corrected chi connectivity index (χ2v) is 9.37. The minimum atomic E-state index is -3.89. The molecule has 0 aromatic heterocycles. The molecule has 1 fully saturated rings. The van der Waals surface area contributed by atoms with Gasteiger partial charge in [-0.05, 0) is 23.3 Å². The summed E-state index contributed by atoms with van der Waals surface area (Å²) < 4.78 is 28.0. The Morgan fingerprint density at radius 2 is 1.84 bits per heavy atom. The molecular formula is C22H27N3O6S. The first-order valence-electron chi connectivity index (χ1n) is 10.2. The van der Waals surface area contributed by atoms with Gasteiger partial charge in [0.25, 0.3) is 0 Å². The number of amides is 1. The van der Waals surface area contributed by atoms with E-state index in [9.17, 15) is 18.3 Å². The van der Waals surface area contributed by atoms with E-state index < -0.39 is 34.7 Å². The highest BCUT2D eigenvalue weighted by atomic mass is 32.2. The quantitative estimate of drug-likeness (QED) is 0.478. The lowest BCUT2D eigenvalue weighted by atomic mass is 10.1. The summed E-state index contributed by atoms with van der Waals surface area (Å²) in [5.41, 5.74) is 2.39. The van der Waals surface area contributed by atoms with Gasteiger partial charge in [-0.15, -0.1) is 0 Å². The Bertz CT molecular complexity index is 1040. The minimum Gasteiger partial charge on any atom is -0.399 e. The van der Waals surface area contributed by atoms with Crippen LogP contribution >= 0.6 is 0 Å². The highest BCUT2D eigenvalue weighted by molar-refractivity contribution is 7.89. The number of aliphatic hydroxyl groups is 2. The summed E-state index contributed by atoms with van der Waals surface area (Å²) in [5.74, 6) is -0.430. The zero-order chi connectivity index (χ0) is 23.1. The van der Waals surface area contributed by atoms with Gasteiger partial charge in [-0.3, -0.25) is 4.79 Å². The number of benzene rings is 2. The molecule has 1 heterocycles. The number of carbonyl (C=O) groups excluding carboxylic acids is 1. The van der Waals surface area contributed by atoms with Crippen molar-refractivity contribution < 1.29 is 28.3 Å². The van der Waals surface area contributed by atoms with Gasteiger partial charge in [0.2, 0.25) is 15.9 Å². The van der Waals surface area contributed by atoms with Crippen LogP contribution in [0, 0.1) is 0 Å². The Labute approximate surface area is 187 Å². The second-order valence-electron chi connectivity index (χ2n) is 7.48. The predicted octanol–water partition coefficient (Wildman–Crippen LogP) is 0.979. The molecule has 10 heteroatoms. The van der Waals surface area contributed by atoms with E-state index in [0.29, 0.717) is 5.71 Å². The first-order valence-corrected chi connectivity index (χ1v) is 11.6. The van der Waals surface area contributed by atoms with Gasteiger partial charge in [-0.25, -0.2) is 8.42 Å². The summed E-state index contributed by atoms with van der Waals surface area (Å²) in [5, 5.41) is 24.7. The van der Waals surface area contributed by atoms with Crippen molar-refractivity contribution in [1.29, 1.82) is 0 Å². The van der Waals surface area contributed by atoms with Crippen molar-refractivity contribution in [3.05, 3.63) is 54.6 Å². The lowest BCUT2D eigenvalue weighted by Crippen LogP contribution is -2.41. The van der Waals surface area contributed by atoms with Crippen molar-refractivity contribution in [3.8, 4) is 11.1 Å². The predicted molar refractivity (Wildman–Crippen MR) is 119 cm³/mol. The first kappa shape index (κ1) is 23.9. The topological polar surface area (TPSA) is 129 Å². The van der Waals surface area contributed by atoms with E-state index in [4.69, 9.17) is 9.94 Å². The van der Waals surface area contributed by atoms with E-state index in [1.165, 1.54) is 11.4 Å². The van der Waals surface area contributed by atoms with E-state index in [2.05, 4.69) is 10.5 Å². The molecule has 0 saturated carbocycles. The second kappa shape index (κ2) is 10.7. The Morgan fingerprint density at radius 1 is 1.19 bits per heavy atom. The number of hydrogen-bond donors (Lipinski definition) is 3. The SMILES string of the molecule is CON=C1C[C@@H](CC(=O)NCC(O)CO)N(S(=O)(=O)c2ccc(-c3ccccc3)cc2)C1. The summed E-state index contributed by atoms with van der Waals surface area (Å²) in [7, 11) is -2.51. The number of sulfonamides is 1. The van der Waals surface area contributed by atoms with Crippen LogP contribution < -0.4 is 5.32 Å². The zero-order valence-electron chi connectivity index (χ0n) is 17.7. The van der Waals surface area contributed by atoms with Gasteiger partial charge in [0.15, 0.2) is 0 Å². The summed E-state index contributed by atoms with van der Waals surface area (Å²) in [4.78, 5) is 17.2. The van der Waals surface area contributed by atoms with E-state index in [1.54, 1.807) is 24.3 Å². The van der Waals surface area contributed by atoms with Crippen molar-refractivity contribution >= 4 is 21.6 Å². The number of carbonyl (C=O) groups is 1. The van der Waals surface area contributed by atoms with Crippen molar-refractivity contribution in [2.24, 2.45) is 5.16 Å². The Balaban J connectivity index is 1.79. The van der Waals surface area contributed by atoms with Gasteiger partial charge in [0.1, 0.15) is 7.11 Å². The molecule has 9 nitrogen and oxygen atoms in total. The molecular weight excluding hydrogens is 434 g/mol. The maximum Gasteiger partial charge on any atom is 0.243 e. The molecule has 0 bridgehead atoms. The average molecular weight is 462 g/mol. The van der Waals surface area contributed by atoms with Crippen molar-refractivity contribution in [2.45, 2.75) is 29.9 Å². The third-order valence-corrected chi connectivity index (χ3v) is 7.08. The van der Waals surface area contributed by atoms with Crippen LogP contribution in [0.1, 0.15) is 12.8 Å². The molecule has 0 radical (unpaired) electrons. The lowest BCUT2D eigenvalue weighted by molar-refractivity contribution is -0.122. The molecule has 0 aliphatic carbocycles. The van der Waals surface area contributed by atoms with Gasteiger partial charge in [-0.2, -0.15) is 4.31 Å². The fraction of sp³-hybridized carbons (Fsp3) is 0.364. The molecule has 1 aliphatic heterocycles. The van der Waals surface area contributed by atoms with E-state index >= 15 is 0 Å². The van der Waals surface area contributed by atoms with Crippen LogP contribution in [-0.2, 0) is 19.7 Å². The Kier molecular flexibility index (Phi) is 7.97. The monoisotopic (exact) mass is 461 g/mol. The van der Waals surface area contributed by atoms with Gasteiger partial charge >= 0.3 is 0 Å². The van der Waals surface area contributed by atoms with Crippen LogP contribution in [0.2, 0.25) is 0 Å². The smallest absolute Gasteiger partial charge is 0.243 e. The molecule has 1 saturated heterocycles. The summed E-state index contributed by atoms with van der Waals surface area (Å²) in [6, 6.07) is 15.6. The van der Waals surface area contributed by atoms with E-state index in [-0.39, 0.29) is 30.8 Å². The van der Waals surface area contributed by atoms with Gasteiger partial charge in [0, 0.05) is 25.4 Å². The standard InChI is InChI=1S/C22H27N3O6S/c1-31-24-18-11-19(12-22(28)23-13-20(27)15-26)25(14-18)32(29,30)21-9-7-17(8-10-21)16-5-3-2-4-6-16/h2-10,19-20,26-27H,11-15H2,1H3,(H,23,28)/t19-,20?/m0/s1. The Morgan fingerprint density at radius 3 is 2.47 bits per heavy atom. The van der Waals surface area contributed by atoms with Crippen LogP contribution in [0.4, 0.5) is 0 Å². The maximum atomic E-state index is 13.4. The van der Waals surface area contributed by atoms with Crippen LogP contribution in [0.15, 0.2) is 64.6 Å². The molecule has 32 heavy (non-hydrogen) atoms. The van der Waals surface area contributed by atoms with E-state index in [1.807, 2.05) is 30.3 Å². The van der Waals surface area contributed by atoms with Gasteiger partial charge < -0.3 is 20.4 Å². The van der Waals surface area contributed by atoms with Crippen molar-refractivity contribution in [3.63, 3.8) is 0 Å². The molecule has 1 amide bonds. The molecule has 0 spiro atoms. The summed E-state index contributed by atoms with van der Waals surface area (Å²) >= 11 is 0. The van der Waals surface area contributed by atoms with Crippen molar-refractivity contribution in [2.75, 3.05) is 26.8 Å². The van der Waals surface area contributed by atoms with Crippen LogP contribution in [0.5, 0.6) is 0 Å². The molecule has 2 atom stereocenters. The molecule has 3 rings (SSSR count). The van der Waals surface area contributed by atoms with Crippen LogP contribution in [0.3, 0.4) is 0 Å². The fourth-order valence-corrected chi connectivity index (χ4v) is 5.18. The largest absolute Gasteiger partial charge is 0.399 e. The lowest BCUT2D eigenvalue weighted by Gasteiger charge is -2.23. The fourth-order valence-electron chi connectivity index (χ4n) is 3.57. The number of nitrogens with one attached hydrogen (secondary N) is 1. The van der Waals surface area contributed by atoms with Crippen molar-refractivity contribution in [1.82, 2.24) is 9.62 Å². The normalized spacial score (nSPS) is 19.1. The molecule has 1 unspecified atom stereocenters. The average Bonchev–Trinajstić information content (AvgIpc) is 3.21. The van der Waals surface area contributed by atoms with Crippen LogP contribution in [0.25, 0.3) is 11.1 Å². The first-order chi connectivity index (χ1) is 15.3. The molecule has 3 N–H and O–H groups in total. The van der Waals surface area contributed by atoms with E-state index in [0.717, 1.165) is 11.1 Å². The van der Waals surface area contributed by atoms with Gasteiger partial charge in [-0.1, -0.05) is 47.6 Å². The highest BCUT2D eigenvalue weighted by Crippen LogP contribution is 2.28. The number of rotatable bonds is 9. The summed E-state index contributed by atoms with van der Waals surface area (Å²) in [6.07, 6.45) is -0.927. The van der Waals surface area contributed by atoms with Crippen LogP contribution in [-0.4, -0.2) is 73.5 Å².